The van der Waals surface area contributed by atoms with Gasteiger partial charge in [-0.3, -0.25) is 9.13 Å². The highest BCUT2D eigenvalue weighted by atomic mass is 31.1. The minimum atomic E-state index is -3.14. The molecule has 1 heterocycles. The predicted octanol–water partition coefficient (Wildman–Crippen LogP) is 9.99. The van der Waals surface area contributed by atoms with Crippen LogP contribution in [0, 0.1) is 5.92 Å². The molecule has 11 heteroatoms. The average molecular weight is 804 g/mol. The maximum absolute atomic E-state index is 13.7. The lowest BCUT2D eigenvalue weighted by Crippen LogP contribution is -2.43. The second-order valence-electron chi connectivity index (χ2n) is 15.0. The van der Waals surface area contributed by atoms with E-state index in [2.05, 4.69) is 11.9 Å². The first-order valence-corrected chi connectivity index (χ1v) is 22.4. The lowest BCUT2D eigenvalue weighted by molar-refractivity contribution is -0.136. The Kier molecular flexibility index (Phi) is 21.3. The normalized spacial score (nSPS) is 13.9. The lowest BCUT2D eigenvalue weighted by atomic mass is 9.79. The van der Waals surface area contributed by atoms with Crippen molar-refractivity contribution in [3.63, 3.8) is 0 Å². The van der Waals surface area contributed by atoms with E-state index >= 15 is 0 Å². The van der Waals surface area contributed by atoms with Crippen LogP contribution in [0.1, 0.15) is 133 Å². The van der Waals surface area contributed by atoms with Crippen molar-refractivity contribution in [3.05, 3.63) is 130 Å². The minimum absolute atomic E-state index is 0.00668. The summed E-state index contributed by atoms with van der Waals surface area (Å²) < 4.78 is 31.8. The van der Waals surface area contributed by atoms with Gasteiger partial charge in [-0.15, -0.1) is 0 Å². The third kappa shape index (κ3) is 15.2. The van der Waals surface area contributed by atoms with E-state index in [-0.39, 0.29) is 25.5 Å². The van der Waals surface area contributed by atoms with Crippen LogP contribution in [0.3, 0.4) is 0 Å². The van der Waals surface area contributed by atoms with Gasteiger partial charge in [-0.05, 0) is 42.0 Å². The summed E-state index contributed by atoms with van der Waals surface area (Å²) in [5.74, 6) is -0.613. The van der Waals surface area contributed by atoms with Crippen LogP contribution in [-0.2, 0) is 24.2 Å². The molecule has 312 valence electrons. The smallest absolute Gasteiger partial charge is 0.351 e. The van der Waals surface area contributed by atoms with Gasteiger partial charge in [-0.25, -0.2) is 4.79 Å². The summed E-state index contributed by atoms with van der Waals surface area (Å²) in [6.07, 6.45) is 18.2. The molecule has 0 spiro atoms. The molecule has 57 heavy (non-hydrogen) atoms. The first kappa shape index (κ1) is 46.1. The van der Waals surface area contributed by atoms with Gasteiger partial charge in [-0.1, -0.05) is 181 Å². The fourth-order valence-electron chi connectivity index (χ4n) is 7.62. The molecule has 0 radical (unpaired) electrons. The number of hydrogen-bond acceptors (Lipinski definition) is 8. The quantitative estimate of drug-likeness (QED) is 0.0266. The highest BCUT2D eigenvalue weighted by Crippen LogP contribution is 2.45. The zero-order chi connectivity index (χ0) is 40.6. The molecule has 0 amide bonds. The zero-order valence-corrected chi connectivity index (χ0v) is 34.9. The van der Waals surface area contributed by atoms with Gasteiger partial charge in [0.05, 0.1) is 19.3 Å². The first-order valence-electron chi connectivity index (χ1n) is 21.2. The largest absolute Gasteiger partial charge is 0.396 e. The standard InChI is InChI=1S/C46H66N3O7P/c1-2-3-4-5-6-7-8-9-10-11-12-13-14-24-34-54-42(32-35-55-57(52)53)36-38(37-50)44(49-33-31-43(47)48-45(49)51)56-46(39-25-18-15-19-26-39,40-27-20-16-21-28-40)41-29-22-17-23-30-41/h15-23,25-31,33,38,42,44,50,57H,2-14,24,32,34-37H2,1H3,(H,52,53)(H2,47,48,51)/t38-,42?,44?/m0/s1. The SMILES string of the molecule is CCCCCCCCCCCCCCCCOC(CCO[PH](=O)O)C[C@@H](CO)C(OC(c1ccccc1)(c1ccccc1)c1ccccc1)n1ccc(N)nc1=O. The molecular weight excluding hydrogens is 737 g/mol. The third-order valence-corrected chi connectivity index (χ3v) is 11.1. The number of aliphatic hydroxyl groups excluding tert-OH is 1. The minimum Gasteiger partial charge on any atom is -0.396 e. The fourth-order valence-corrected chi connectivity index (χ4v) is 7.91. The molecule has 0 fully saturated rings. The molecule has 0 saturated heterocycles. The van der Waals surface area contributed by atoms with E-state index in [4.69, 9.17) is 19.7 Å². The van der Waals surface area contributed by atoms with Gasteiger partial charge in [0.15, 0.2) is 0 Å². The Hall–Kier alpha value is -3.63. The molecule has 1 aromatic heterocycles. The van der Waals surface area contributed by atoms with Crippen molar-refractivity contribution in [2.75, 3.05) is 25.6 Å². The molecule has 3 unspecified atom stereocenters. The van der Waals surface area contributed by atoms with Crippen molar-refractivity contribution in [2.45, 2.75) is 128 Å². The van der Waals surface area contributed by atoms with Gasteiger partial charge < -0.3 is 29.7 Å². The molecule has 4 atom stereocenters. The highest BCUT2D eigenvalue weighted by Gasteiger charge is 2.43. The summed E-state index contributed by atoms with van der Waals surface area (Å²) in [7, 11) is -3.14. The third-order valence-electron chi connectivity index (χ3n) is 10.7. The Balaban J connectivity index is 1.52. The molecule has 3 aromatic carbocycles. The Morgan fingerprint density at radius 3 is 1.63 bits per heavy atom. The predicted molar refractivity (Wildman–Crippen MR) is 229 cm³/mol. The van der Waals surface area contributed by atoms with Gasteiger partial charge in [0.1, 0.15) is 17.6 Å². The summed E-state index contributed by atoms with van der Waals surface area (Å²) >= 11 is 0. The highest BCUT2D eigenvalue weighted by molar-refractivity contribution is 7.32. The van der Waals surface area contributed by atoms with Crippen LogP contribution in [0.5, 0.6) is 0 Å². The van der Waals surface area contributed by atoms with Crippen LogP contribution in [-0.4, -0.2) is 45.5 Å². The molecule has 0 aliphatic carbocycles. The Labute approximate surface area is 340 Å². The van der Waals surface area contributed by atoms with Gasteiger partial charge in [0, 0.05) is 18.7 Å². The van der Waals surface area contributed by atoms with E-state index < -0.39 is 37.8 Å². The second kappa shape index (κ2) is 26.4. The average Bonchev–Trinajstić information content (AvgIpc) is 3.23. The summed E-state index contributed by atoms with van der Waals surface area (Å²) in [5, 5.41) is 11.2. The number of aliphatic hydroxyl groups is 1. The van der Waals surface area contributed by atoms with Crippen molar-refractivity contribution in [2.24, 2.45) is 5.92 Å². The molecule has 4 aromatic rings. The molecular formula is C46H66N3O7P. The van der Waals surface area contributed by atoms with Crippen LogP contribution >= 0.6 is 8.25 Å². The van der Waals surface area contributed by atoms with Crippen molar-refractivity contribution >= 4 is 14.1 Å². The van der Waals surface area contributed by atoms with Crippen LogP contribution in [0.15, 0.2) is 108 Å². The van der Waals surface area contributed by atoms with E-state index in [1.165, 1.54) is 81.3 Å². The number of nitrogens with zero attached hydrogens (tertiary/aromatic N) is 2. The number of benzene rings is 3. The van der Waals surface area contributed by atoms with E-state index in [1.54, 1.807) is 6.20 Å². The van der Waals surface area contributed by atoms with Crippen LogP contribution in [0.2, 0.25) is 0 Å². The number of ether oxygens (including phenoxy) is 2. The Morgan fingerprint density at radius 1 is 0.719 bits per heavy atom. The van der Waals surface area contributed by atoms with E-state index in [0.717, 1.165) is 36.0 Å². The number of aromatic nitrogens is 2. The summed E-state index contributed by atoms with van der Waals surface area (Å²) in [4.78, 5) is 27.1. The van der Waals surface area contributed by atoms with Gasteiger partial charge >= 0.3 is 13.9 Å². The summed E-state index contributed by atoms with van der Waals surface area (Å²) in [5.41, 5.74) is 6.58. The Bertz CT molecular complexity index is 1630. The number of anilines is 1. The van der Waals surface area contributed by atoms with Crippen molar-refractivity contribution in [1.82, 2.24) is 9.55 Å². The van der Waals surface area contributed by atoms with Crippen molar-refractivity contribution in [1.29, 1.82) is 0 Å². The molecule has 0 aliphatic rings. The number of rotatable bonds is 30. The number of unbranched alkanes of at least 4 members (excludes halogenated alkanes) is 13. The molecule has 4 rings (SSSR count). The maximum atomic E-state index is 13.7. The number of hydrogen-bond donors (Lipinski definition) is 3. The van der Waals surface area contributed by atoms with Crippen molar-refractivity contribution in [3.8, 4) is 0 Å². The molecule has 0 aliphatic heterocycles. The van der Waals surface area contributed by atoms with E-state index in [0.29, 0.717) is 13.0 Å². The maximum Gasteiger partial charge on any atom is 0.351 e. The van der Waals surface area contributed by atoms with E-state index in [9.17, 15) is 19.4 Å². The van der Waals surface area contributed by atoms with Crippen LogP contribution in [0.4, 0.5) is 5.82 Å². The van der Waals surface area contributed by atoms with Crippen LogP contribution in [0.25, 0.3) is 0 Å². The second-order valence-corrected chi connectivity index (χ2v) is 15.8. The first-order chi connectivity index (χ1) is 27.9. The Morgan fingerprint density at radius 2 is 1.19 bits per heavy atom. The monoisotopic (exact) mass is 803 g/mol. The summed E-state index contributed by atoms with van der Waals surface area (Å²) in [6, 6.07) is 31.0. The number of nitrogen functional groups attached to an aromatic ring is 1. The zero-order valence-electron chi connectivity index (χ0n) is 33.9. The van der Waals surface area contributed by atoms with Gasteiger partial charge in [0.2, 0.25) is 0 Å². The molecule has 4 N–H and O–H groups in total. The van der Waals surface area contributed by atoms with Gasteiger partial charge in [-0.2, -0.15) is 4.98 Å². The molecule has 0 saturated carbocycles. The van der Waals surface area contributed by atoms with Crippen molar-refractivity contribution < 1.29 is 28.6 Å². The molecule has 10 nitrogen and oxygen atoms in total. The van der Waals surface area contributed by atoms with E-state index in [1.807, 2.05) is 91.0 Å². The number of nitrogens with two attached hydrogens (primary N) is 1. The lowest BCUT2D eigenvalue weighted by Gasteiger charge is -2.41. The topological polar surface area (TPSA) is 146 Å². The summed E-state index contributed by atoms with van der Waals surface area (Å²) in [6.45, 7) is 2.40. The molecule has 0 bridgehead atoms. The fraction of sp³-hybridized carbons (Fsp3) is 0.522. The van der Waals surface area contributed by atoms with Gasteiger partial charge in [0.25, 0.3) is 0 Å². The van der Waals surface area contributed by atoms with Crippen LogP contribution < -0.4 is 11.4 Å².